The lowest BCUT2D eigenvalue weighted by Crippen LogP contribution is -2.36. The van der Waals surface area contributed by atoms with Crippen LogP contribution in [0.15, 0.2) is 61.1 Å². The van der Waals surface area contributed by atoms with Crippen molar-refractivity contribution >= 4 is 12.2 Å². The van der Waals surface area contributed by atoms with Crippen molar-refractivity contribution in [1.82, 2.24) is 29.2 Å². The normalized spacial score (nSPS) is 18.6. The van der Waals surface area contributed by atoms with E-state index in [-0.39, 0.29) is 0 Å². The van der Waals surface area contributed by atoms with Gasteiger partial charge in [-0.25, -0.2) is 14.6 Å². The molecule has 0 aliphatic carbocycles. The van der Waals surface area contributed by atoms with Gasteiger partial charge in [0.1, 0.15) is 11.6 Å². The predicted molar refractivity (Wildman–Crippen MR) is 150 cm³/mol. The number of ether oxygens (including phenoxy) is 1. The van der Waals surface area contributed by atoms with Crippen LogP contribution in [-0.2, 0) is 13.1 Å². The topological polar surface area (TPSA) is 61.0 Å². The lowest BCUT2D eigenvalue weighted by atomic mass is 9.80. The molecule has 1 saturated heterocycles. The largest absolute Gasteiger partial charge is 0.495 e. The number of nitrogens with zero attached hydrogens (tertiary/aromatic N) is 6. The van der Waals surface area contributed by atoms with Crippen molar-refractivity contribution in [1.29, 1.82) is 0 Å². The van der Waals surface area contributed by atoms with Crippen LogP contribution in [0.25, 0.3) is 17.8 Å². The highest BCUT2D eigenvalue weighted by molar-refractivity contribution is 5.69. The van der Waals surface area contributed by atoms with Gasteiger partial charge in [0, 0.05) is 25.2 Å². The van der Waals surface area contributed by atoms with Gasteiger partial charge in [-0.3, -0.25) is 4.90 Å². The zero-order chi connectivity index (χ0) is 25.9. The summed E-state index contributed by atoms with van der Waals surface area (Å²) in [5, 5.41) is 4.86. The molecule has 196 valence electrons. The molecule has 38 heavy (non-hydrogen) atoms. The van der Waals surface area contributed by atoms with Gasteiger partial charge in [-0.2, -0.15) is 5.10 Å². The van der Waals surface area contributed by atoms with Crippen LogP contribution in [0.4, 0.5) is 0 Å². The lowest BCUT2D eigenvalue weighted by Gasteiger charge is -2.37. The van der Waals surface area contributed by atoms with Crippen molar-refractivity contribution in [3.8, 4) is 11.4 Å². The fraction of sp³-hybridized carbons (Fsp3) is 0.387. The third-order valence-electron chi connectivity index (χ3n) is 8.00. The van der Waals surface area contributed by atoms with E-state index in [1.807, 2.05) is 36.2 Å². The molecule has 0 radical (unpaired) electrons. The first-order chi connectivity index (χ1) is 18.7. The summed E-state index contributed by atoms with van der Waals surface area (Å²) in [6, 6.07) is 17.0. The zero-order valence-corrected chi connectivity index (χ0v) is 22.3. The first-order valence-corrected chi connectivity index (χ1v) is 13.7. The van der Waals surface area contributed by atoms with Gasteiger partial charge in [0.05, 0.1) is 24.8 Å². The minimum atomic E-state index is 0.510. The molecule has 2 aromatic heterocycles. The number of piperidine rings is 1. The molecule has 0 unspecified atom stereocenters. The van der Waals surface area contributed by atoms with Crippen LogP contribution in [-0.4, -0.2) is 49.4 Å². The third-order valence-corrected chi connectivity index (χ3v) is 8.00. The molecule has 0 spiro atoms. The highest BCUT2D eigenvalue weighted by Gasteiger charge is 2.33. The number of rotatable bonds is 7. The molecule has 6 rings (SSSR count). The summed E-state index contributed by atoms with van der Waals surface area (Å²) in [7, 11) is 1.70. The maximum absolute atomic E-state index is 5.67. The Morgan fingerprint density at radius 1 is 1.00 bits per heavy atom. The molecular weight excluding hydrogens is 472 g/mol. The van der Waals surface area contributed by atoms with Crippen LogP contribution in [0.1, 0.15) is 60.1 Å². The van der Waals surface area contributed by atoms with E-state index in [0.717, 1.165) is 54.7 Å². The molecule has 1 fully saturated rings. The van der Waals surface area contributed by atoms with Gasteiger partial charge in [-0.05, 0) is 81.0 Å². The zero-order valence-electron chi connectivity index (χ0n) is 22.3. The second-order valence-electron chi connectivity index (χ2n) is 10.6. The molecular formula is C31H36N6O. The number of hydrogen-bond acceptors (Lipinski definition) is 5. The first-order valence-electron chi connectivity index (χ1n) is 13.7. The standard InChI is InChI=1S/C31H36N6O/c1-23-20-36(22-32-23)28-12-10-24(19-29(28)38-2)11-13-30-33-31-27(9-6-16-37(31)34-30)26-14-17-35(18-15-26)21-25-7-4-3-5-8-25/h3-5,7-8,10-13,19-20,22,26-27H,6,9,14-18,21H2,1-2H3/b13-11+/t27-/m0/s1. The van der Waals surface area contributed by atoms with Gasteiger partial charge in [-0.1, -0.05) is 42.5 Å². The summed E-state index contributed by atoms with van der Waals surface area (Å²) < 4.78 is 9.82. The minimum Gasteiger partial charge on any atom is -0.495 e. The van der Waals surface area contributed by atoms with Gasteiger partial charge in [-0.15, -0.1) is 0 Å². The van der Waals surface area contributed by atoms with E-state index in [4.69, 9.17) is 14.8 Å². The maximum atomic E-state index is 5.67. The van der Waals surface area contributed by atoms with Gasteiger partial charge >= 0.3 is 0 Å². The summed E-state index contributed by atoms with van der Waals surface area (Å²) in [6.07, 6.45) is 12.8. The summed E-state index contributed by atoms with van der Waals surface area (Å²) >= 11 is 0. The SMILES string of the molecule is COc1cc(/C=C/c2nc3n(n2)CCC[C@H]3C2CCN(Cc3ccccc3)CC2)ccc1-n1cnc(C)c1. The first kappa shape index (κ1) is 24.6. The molecule has 2 aromatic carbocycles. The molecule has 7 nitrogen and oxygen atoms in total. The highest BCUT2D eigenvalue weighted by Crippen LogP contribution is 2.38. The second-order valence-corrected chi connectivity index (χ2v) is 10.6. The monoisotopic (exact) mass is 508 g/mol. The summed E-state index contributed by atoms with van der Waals surface area (Å²) in [5.74, 6) is 3.98. The fourth-order valence-electron chi connectivity index (χ4n) is 6.01. The van der Waals surface area contributed by atoms with Crippen LogP contribution < -0.4 is 4.74 Å². The number of likely N-dealkylation sites (tertiary alicyclic amines) is 1. The Morgan fingerprint density at radius 3 is 2.61 bits per heavy atom. The van der Waals surface area contributed by atoms with Crippen molar-refractivity contribution in [2.75, 3.05) is 20.2 Å². The van der Waals surface area contributed by atoms with Gasteiger partial charge < -0.3 is 9.30 Å². The number of imidazole rings is 1. The van der Waals surface area contributed by atoms with Crippen molar-refractivity contribution < 1.29 is 4.74 Å². The van der Waals surface area contributed by atoms with E-state index >= 15 is 0 Å². The van der Waals surface area contributed by atoms with Crippen molar-refractivity contribution in [2.45, 2.75) is 51.6 Å². The molecule has 0 amide bonds. The fourth-order valence-corrected chi connectivity index (χ4v) is 6.01. The van der Waals surface area contributed by atoms with E-state index in [2.05, 4.69) is 63.1 Å². The number of aromatic nitrogens is 5. The number of hydrogen-bond donors (Lipinski definition) is 0. The number of fused-ring (bicyclic) bond motifs is 1. The molecule has 7 heteroatoms. The van der Waals surface area contributed by atoms with Gasteiger partial charge in [0.2, 0.25) is 0 Å². The lowest BCUT2D eigenvalue weighted by molar-refractivity contribution is 0.149. The van der Waals surface area contributed by atoms with E-state index in [9.17, 15) is 0 Å². The van der Waals surface area contributed by atoms with Gasteiger partial charge in [0.25, 0.3) is 0 Å². The molecule has 2 aliphatic heterocycles. The summed E-state index contributed by atoms with van der Waals surface area (Å²) in [4.78, 5) is 12.0. The Morgan fingerprint density at radius 2 is 1.84 bits per heavy atom. The van der Waals surface area contributed by atoms with Crippen molar-refractivity contribution in [3.63, 3.8) is 0 Å². The number of methoxy groups -OCH3 is 1. The van der Waals surface area contributed by atoms with Crippen LogP contribution >= 0.6 is 0 Å². The second kappa shape index (κ2) is 11.0. The average Bonchev–Trinajstić information content (AvgIpc) is 3.58. The van der Waals surface area contributed by atoms with Crippen LogP contribution in [0, 0.1) is 12.8 Å². The Hall–Kier alpha value is -3.71. The van der Waals surface area contributed by atoms with E-state index < -0.39 is 0 Å². The predicted octanol–water partition coefficient (Wildman–Crippen LogP) is 5.74. The van der Waals surface area contributed by atoms with Gasteiger partial charge in [0.15, 0.2) is 5.82 Å². The third kappa shape index (κ3) is 5.29. The van der Waals surface area contributed by atoms with Crippen molar-refractivity contribution in [3.05, 3.63) is 89.5 Å². The summed E-state index contributed by atoms with van der Waals surface area (Å²) in [5.41, 5.74) is 4.40. The Balaban J connectivity index is 1.13. The smallest absolute Gasteiger partial charge is 0.174 e. The molecule has 0 bridgehead atoms. The average molecular weight is 509 g/mol. The molecule has 4 heterocycles. The van der Waals surface area contributed by atoms with Crippen molar-refractivity contribution in [2.24, 2.45) is 5.92 Å². The Kier molecular flexibility index (Phi) is 7.10. The molecule has 2 aliphatic rings. The van der Waals surface area contributed by atoms with E-state index in [1.54, 1.807) is 7.11 Å². The minimum absolute atomic E-state index is 0.510. The molecule has 4 aromatic rings. The number of benzene rings is 2. The van der Waals surface area contributed by atoms with Crippen LogP contribution in [0.5, 0.6) is 5.75 Å². The Labute approximate surface area is 224 Å². The Bertz CT molecular complexity index is 1400. The molecule has 0 saturated carbocycles. The number of aryl methyl sites for hydroxylation is 2. The molecule has 1 atom stereocenters. The van der Waals surface area contributed by atoms with E-state index in [1.165, 1.54) is 37.1 Å². The summed E-state index contributed by atoms with van der Waals surface area (Å²) in [6.45, 7) is 6.32. The van der Waals surface area contributed by atoms with Crippen LogP contribution in [0.3, 0.4) is 0 Å². The van der Waals surface area contributed by atoms with E-state index in [0.29, 0.717) is 11.8 Å². The quantitative estimate of drug-likeness (QED) is 0.319. The maximum Gasteiger partial charge on any atom is 0.174 e. The van der Waals surface area contributed by atoms with Crippen LogP contribution in [0.2, 0.25) is 0 Å². The highest BCUT2D eigenvalue weighted by atomic mass is 16.5. The molecule has 0 N–H and O–H groups in total.